The quantitative estimate of drug-likeness (QED) is 0.852. The van der Waals surface area contributed by atoms with Crippen LogP contribution < -0.4 is 10.5 Å². The van der Waals surface area contributed by atoms with Gasteiger partial charge in [0.25, 0.3) is 0 Å². The summed E-state index contributed by atoms with van der Waals surface area (Å²) in [6, 6.07) is 14.3. The first kappa shape index (κ1) is 15.9. The monoisotopic (exact) mass is 303 g/mol. The maximum atomic E-state index is 6.22. The molecule has 3 heteroatoms. The first-order chi connectivity index (χ1) is 10.1. The molecule has 2 rings (SSSR count). The molecule has 0 saturated carbocycles. The highest BCUT2D eigenvalue weighted by molar-refractivity contribution is 6.31. The molecule has 0 aliphatic rings. The molecule has 0 aromatic heterocycles. The van der Waals surface area contributed by atoms with Crippen molar-refractivity contribution in [1.29, 1.82) is 0 Å². The van der Waals surface area contributed by atoms with Crippen molar-refractivity contribution in [3.05, 3.63) is 64.2 Å². The zero-order chi connectivity index (χ0) is 15.2. The molecule has 21 heavy (non-hydrogen) atoms. The summed E-state index contributed by atoms with van der Waals surface area (Å²) < 4.78 is 5.84. The van der Waals surface area contributed by atoms with Gasteiger partial charge < -0.3 is 10.5 Å². The lowest BCUT2D eigenvalue weighted by Crippen LogP contribution is -2.21. The molecule has 0 spiro atoms. The molecule has 0 radical (unpaired) electrons. The van der Waals surface area contributed by atoms with E-state index in [1.807, 2.05) is 37.3 Å². The van der Waals surface area contributed by atoms with Crippen LogP contribution in [0.25, 0.3) is 0 Å². The van der Waals surface area contributed by atoms with Gasteiger partial charge in [-0.25, -0.2) is 0 Å². The van der Waals surface area contributed by atoms with Crippen molar-refractivity contribution in [2.45, 2.75) is 39.3 Å². The van der Waals surface area contributed by atoms with Crippen molar-refractivity contribution in [3.63, 3.8) is 0 Å². The highest BCUT2D eigenvalue weighted by atomic mass is 35.5. The number of hydrogen-bond acceptors (Lipinski definition) is 2. The lowest BCUT2D eigenvalue weighted by molar-refractivity contribution is 0.306. The summed E-state index contributed by atoms with van der Waals surface area (Å²) in [6.07, 6.45) is 1.85. The molecule has 0 aliphatic heterocycles. The first-order valence-electron chi connectivity index (χ1n) is 7.31. The third-order valence-electron chi connectivity index (χ3n) is 3.52. The van der Waals surface area contributed by atoms with E-state index in [1.165, 1.54) is 5.56 Å². The van der Waals surface area contributed by atoms with Gasteiger partial charge >= 0.3 is 0 Å². The molecule has 1 atom stereocenters. The Labute approximate surface area is 131 Å². The highest BCUT2D eigenvalue weighted by Gasteiger charge is 2.05. The van der Waals surface area contributed by atoms with Crippen LogP contribution in [0.15, 0.2) is 42.5 Å². The molecule has 0 heterocycles. The van der Waals surface area contributed by atoms with Gasteiger partial charge in [0.1, 0.15) is 12.4 Å². The normalized spacial score (nSPS) is 12.2. The molecular formula is C18H22ClNO. The summed E-state index contributed by atoms with van der Waals surface area (Å²) in [4.78, 5) is 0. The molecule has 2 N–H and O–H groups in total. The largest absolute Gasteiger partial charge is 0.489 e. The number of ether oxygens (including phenoxy) is 1. The Hall–Kier alpha value is -1.51. The van der Waals surface area contributed by atoms with Gasteiger partial charge in [-0.05, 0) is 49.1 Å². The SMILES string of the molecule is CCC(N)Cc1cccc(OCc2ccc(C)cc2Cl)c1. The van der Waals surface area contributed by atoms with E-state index in [0.29, 0.717) is 6.61 Å². The first-order valence-corrected chi connectivity index (χ1v) is 7.68. The zero-order valence-corrected chi connectivity index (χ0v) is 13.4. The van der Waals surface area contributed by atoms with Gasteiger partial charge in [0.2, 0.25) is 0 Å². The van der Waals surface area contributed by atoms with Gasteiger partial charge in [-0.3, -0.25) is 0 Å². The molecule has 0 bridgehead atoms. The Morgan fingerprint density at radius 3 is 2.71 bits per heavy atom. The fourth-order valence-corrected chi connectivity index (χ4v) is 2.43. The number of rotatable bonds is 6. The van der Waals surface area contributed by atoms with E-state index in [1.54, 1.807) is 0 Å². The Morgan fingerprint density at radius 1 is 1.19 bits per heavy atom. The van der Waals surface area contributed by atoms with Crippen molar-refractivity contribution in [2.24, 2.45) is 5.73 Å². The maximum Gasteiger partial charge on any atom is 0.120 e. The molecule has 2 aromatic carbocycles. The maximum absolute atomic E-state index is 6.22. The third-order valence-corrected chi connectivity index (χ3v) is 3.88. The molecule has 0 saturated heterocycles. The molecule has 1 unspecified atom stereocenters. The van der Waals surface area contributed by atoms with Crippen LogP contribution in [-0.4, -0.2) is 6.04 Å². The Bertz CT molecular complexity index is 598. The van der Waals surface area contributed by atoms with Crippen LogP contribution in [0.5, 0.6) is 5.75 Å². The van der Waals surface area contributed by atoms with Gasteiger partial charge in [0.15, 0.2) is 0 Å². The second-order valence-electron chi connectivity index (χ2n) is 5.40. The smallest absolute Gasteiger partial charge is 0.120 e. The van der Waals surface area contributed by atoms with E-state index >= 15 is 0 Å². The predicted octanol–water partition coefficient (Wildman–Crippen LogP) is 4.51. The van der Waals surface area contributed by atoms with Gasteiger partial charge in [0.05, 0.1) is 0 Å². The van der Waals surface area contributed by atoms with Crippen molar-refractivity contribution < 1.29 is 4.74 Å². The van der Waals surface area contributed by atoms with Crippen molar-refractivity contribution in [2.75, 3.05) is 0 Å². The second-order valence-corrected chi connectivity index (χ2v) is 5.81. The Kier molecular flexibility index (Phi) is 5.66. The number of aryl methyl sites for hydroxylation is 1. The molecular weight excluding hydrogens is 282 g/mol. The third kappa shape index (κ3) is 4.76. The van der Waals surface area contributed by atoms with Crippen LogP contribution in [0.2, 0.25) is 5.02 Å². The van der Waals surface area contributed by atoms with E-state index in [4.69, 9.17) is 22.1 Å². The van der Waals surface area contributed by atoms with Gasteiger partial charge in [0, 0.05) is 16.6 Å². The minimum absolute atomic E-state index is 0.201. The van der Waals surface area contributed by atoms with Crippen LogP contribution in [-0.2, 0) is 13.0 Å². The minimum atomic E-state index is 0.201. The van der Waals surface area contributed by atoms with Crippen LogP contribution >= 0.6 is 11.6 Å². The number of benzene rings is 2. The van der Waals surface area contributed by atoms with Crippen LogP contribution in [0.1, 0.15) is 30.0 Å². The summed E-state index contributed by atoms with van der Waals surface area (Å²) >= 11 is 6.22. The highest BCUT2D eigenvalue weighted by Crippen LogP contribution is 2.21. The van der Waals surface area contributed by atoms with Crippen LogP contribution in [0, 0.1) is 6.92 Å². The van der Waals surface area contributed by atoms with E-state index < -0.39 is 0 Å². The van der Waals surface area contributed by atoms with Gasteiger partial charge in [-0.15, -0.1) is 0 Å². The van der Waals surface area contributed by atoms with Gasteiger partial charge in [-0.1, -0.05) is 42.8 Å². The summed E-state index contributed by atoms with van der Waals surface area (Å²) in [5.41, 5.74) is 9.35. The van der Waals surface area contributed by atoms with E-state index in [0.717, 1.165) is 34.7 Å². The van der Waals surface area contributed by atoms with Crippen LogP contribution in [0.3, 0.4) is 0 Å². The molecule has 0 fully saturated rings. The molecule has 2 aromatic rings. The average molecular weight is 304 g/mol. The van der Waals surface area contributed by atoms with Crippen LogP contribution in [0.4, 0.5) is 0 Å². The summed E-state index contributed by atoms with van der Waals surface area (Å²) in [6.45, 7) is 4.60. The molecule has 2 nitrogen and oxygen atoms in total. The predicted molar refractivity (Wildman–Crippen MR) is 88.9 cm³/mol. The molecule has 0 amide bonds. The number of nitrogens with two attached hydrogens (primary N) is 1. The van der Waals surface area contributed by atoms with E-state index in [-0.39, 0.29) is 6.04 Å². The summed E-state index contributed by atoms with van der Waals surface area (Å²) in [7, 11) is 0. The molecule has 0 aliphatic carbocycles. The zero-order valence-electron chi connectivity index (χ0n) is 12.6. The van der Waals surface area contributed by atoms with E-state index in [9.17, 15) is 0 Å². The lowest BCUT2D eigenvalue weighted by atomic mass is 10.0. The average Bonchev–Trinajstić information content (AvgIpc) is 2.46. The Morgan fingerprint density at radius 2 is 2.00 bits per heavy atom. The Balaban J connectivity index is 2.01. The van der Waals surface area contributed by atoms with Crippen molar-refractivity contribution in [1.82, 2.24) is 0 Å². The van der Waals surface area contributed by atoms with Gasteiger partial charge in [-0.2, -0.15) is 0 Å². The van der Waals surface area contributed by atoms with Crippen molar-refractivity contribution in [3.8, 4) is 5.75 Å². The summed E-state index contributed by atoms with van der Waals surface area (Å²) in [5.74, 6) is 0.854. The standard InChI is InChI=1S/C18H22ClNO/c1-3-16(20)10-14-5-4-6-17(11-14)21-12-15-8-7-13(2)9-18(15)19/h4-9,11,16H,3,10,12,20H2,1-2H3. The number of hydrogen-bond donors (Lipinski definition) is 1. The molecule has 112 valence electrons. The minimum Gasteiger partial charge on any atom is -0.489 e. The van der Waals surface area contributed by atoms with E-state index in [2.05, 4.69) is 19.1 Å². The lowest BCUT2D eigenvalue weighted by Gasteiger charge is -2.12. The fraction of sp³-hybridized carbons (Fsp3) is 0.333. The summed E-state index contributed by atoms with van der Waals surface area (Å²) in [5, 5.41) is 0.749. The number of halogens is 1. The fourth-order valence-electron chi connectivity index (χ4n) is 2.14. The van der Waals surface area contributed by atoms with Crippen molar-refractivity contribution >= 4 is 11.6 Å². The topological polar surface area (TPSA) is 35.2 Å². The second kappa shape index (κ2) is 7.48.